The van der Waals surface area contributed by atoms with Gasteiger partial charge in [0.25, 0.3) is 5.56 Å². The van der Waals surface area contributed by atoms with Gasteiger partial charge in [-0.1, -0.05) is 0 Å². The van der Waals surface area contributed by atoms with Crippen LogP contribution in [-0.2, 0) is 11.3 Å². The Morgan fingerprint density at radius 1 is 1.22 bits per heavy atom. The van der Waals surface area contributed by atoms with E-state index in [2.05, 4.69) is 0 Å². The number of aromatic nitrogens is 1. The number of carbonyl (C=O) groups is 1. The minimum atomic E-state index is -1.18. The Bertz CT molecular complexity index is 849. The Balaban J connectivity index is 2.68. The van der Waals surface area contributed by atoms with Gasteiger partial charge in [0, 0.05) is 5.56 Å². The predicted molar refractivity (Wildman–Crippen MR) is 81.6 cm³/mol. The number of nitriles is 1. The van der Waals surface area contributed by atoms with Crippen LogP contribution in [0.4, 0.5) is 0 Å². The van der Waals surface area contributed by atoms with Crippen LogP contribution >= 0.6 is 0 Å². The molecular weight excluding hydrogens is 300 g/mol. The number of carboxylic acids is 1. The summed E-state index contributed by atoms with van der Waals surface area (Å²) in [5, 5.41) is 18.0. The number of pyridine rings is 1. The monoisotopic (exact) mass is 314 g/mol. The molecule has 0 fully saturated rings. The van der Waals surface area contributed by atoms with Crippen LogP contribution in [0, 0.1) is 11.3 Å². The van der Waals surface area contributed by atoms with Crippen LogP contribution in [0.15, 0.2) is 35.1 Å². The predicted octanol–water partition coefficient (Wildman–Crippen LogP) is 1.49. The molecule has 7 heteroatoms. The molecule has 0 spiro atoms. The average molecular weight is 314 g/mol. The Morgan fingerprint density at radius 3 is 2.48 bits per heavy atom. The van der Waals surface area contributed by atoms with E-state index in [9.17, 15) is 9.59 Å². The van der Waals surface area contributed by atoms with E-state index >= 15 is 0 Å². The van der Waals surface area contributed by atoms with E-state index in [1.807, 2.05) is 0 Å². The van der Waals surface area contributed by atoms with Gasteiger partial charge in [-0.2, -0.15) is 5.26 Å². The topological polar surface area (TPSA) is 102 Å². The van der Waals surface area contributed by atoms with Crippen LogP contribution < -0.4 is 15.0 Å². The van der Waals surface area contributed by atoms with Crippen LogP contribution in [-0.4, -0.2) is 29.9 Å². The largest absolute Gasteiger partial charge is 0.493 e. The number of rotatable bonds is 5. The molecule has 0 saturated carbocycles. The molecule has 7 nitrogen and oxygen atoms in total. The summed E-state index contributed by atoms with van der Waals surface area (Å²) in [5.41, 5.74) is 0.181. The zero-order valence-corrected chi connectivity index (χ0v) is 12.6. The third-order valence-corrected chi connectivity index (χ3v) is 3.27. The molecule has 0 radical (unpaired) electrons. The molecule has 0 amide bonds. The molecule has 118 valence electrons. The van der Waals surface area contributed by atoms with Gasteiger partial charge in [-0.3, -0.25) is 14.2 Å². The van der Waals surface area contributed by atoms with Gasteiger partial charge in [0.1, 0.15) is 18.2 Å². The minimum absolute atomic E-state index is 0.115. The van der Waals surface area contributed by atoms with E-state index in [0.717, 1.165) is 4.57 Å². The van der Waals surface area contributed by atoms with Crippen LogP contribution in [0.25, 0.3) is 11.3 Å². The van der Waals surface area contributed by atoms with Crippen LogP contribution in [0.3, 0.4) is 0 Å². The van der Waals surface area contributed by atoms with Crippen molar-refractivity contribution in [3.05, 3.63) is 46.2 Å². The Labute approximate surface area is 131 Å². The first kappa shape index (κ1) is 16.1. The fourth-order valence-corrected chi connectivity index (χ4v) is 2.20. The van der Waals surface area contributed by atoms with Gasteiger partial charge >= 0.3 is 5.97 Å². The minimum Gasteiger partial charge on any atom is -0.493 e. The third kappa shape index (κ3) is 3.16. The molecule has 2 rings (SSSR count). The maximum atomic E-state index is 12.2. The normalized spacial score (nSPS) is 9.96. The van der Waals surface area contributed by atoms with Crippen molar-refractivity contribution < 1.29 is 19.4 Å². The van der Waals surface area contributed by atoms with Gasteiger partial charge in [-0.25, -0.2) is 0 Å². The van der Waals surface area contributed by atoms with E-state index in [1.165, 1.54) is 26.4 Å². The number of methoxy groups -OCH3 is 2. The molecule has 0 aliphatic rings. The van der Waals surface area contributed by atoms with E-state index in [-0.39, 0.29) is 5.56 Å². The summed E-state index contributed by atoms with van der Waals surface area (Å²) < 4.78 is 11.4. The lowest BCUT2D eigenvalue weighted by Crippen LogP contribution is -2.27. The molecule has 1 N–H and O–H groups in total. The van der Waals surface area contributed by atoms with E-state index < -0.39 is 18.1 Å². The van der Waals surface area contributed by atoms with Gasteiger partial charge in [-0.05, 0) is 30.3 Å². The highest BCUT2D eigenvalue weighted by molar-refractivity contribution is 5.70. The summed E-state index contributed by atoms with van der Waals surface area (Å²) in [5.74, 6) is -0.218. The third-order valence-electron chi connectivity index (χ3n) is 3.27. The fraction of sp³-hybridized carbons (Fsp3) is 0.188. The van der Waals surface area contributed by atoms with Crippen LogP contribution in [0.5, 0.6) is 11.5 Å². The summed E-state index contributed by atoms with van der Waals surface area (Å²) in [6, 6.07) is 9.63. The second kappa shape index (κ2) is 6.66. The summed E-state index contributed by atoms with van der Waals surface area (Å²) in [6.07, 6.45) is 0. The molecule has 1 aromatic carbocycles. The van der Waals surface area contributed by atoms with Crippen molar-refractivity contribution in [1.29, 1.82) is 5.26 Å². The summed E-state index contributed by atoms with van der Waals surface area (Å²) >= 11 is 0. The first-order valence-electron chi connectivity index (χ1n) is 6.60. The molecule has 1 aromatic heterocycles. The Hall–Kier alpha value is -3.27. The highest BCUT2D eigenvalue weighted by atomic mass is 16.5. The van der Waals surface area contributed by atoms with Crippen molar-refractivity contribution in [2.45, 2.75) is 6.54 Å². The van der Waals surface area contributed by atoms with Crippen molar-refractivity contribution in [2.24, 2.45) is 0 Å². The van der Waals surface area contributed by atoms with Crippen LogP contribution in [0.1, 0.15) is 5.56 Å². The van der Waals surface area contributed by atoms with Crippen molar-refractivity contribution in [3.63, 3.8) is 0 Å². The first-order valence-corrected chi connectivity index (χ1v) is 6.60. The molecular formula is C16H14N2O5. The van der Waals surface area contributed by atoms with E-state index in [4.69, 9.17) is 19.8 Å². The fourth-order valence-electron chi connectivity index (χ4n) is 2.20. The number of carboxylic acid groups (broad SMARTS) is 1. The lowest BCUT2D eigenvalue weighted by molar-refractivity contribution is -0.137. The SMILES string of the molecule is COc1ccc(-c2ccc(C#N)c(=O)n2CC(=O)O)cc1OC. The van der Waals surface area contributed by atoms with Gasteiger partial charge in [0.15, 0.2) is 11.5 Å². The zero-order valence-electron chi connectivity index (χ0n) is 12.6. The van der Waals surface area contributed by atoms with Gasteiger partial charge < -0.3 is 14.6 Å². The van der Waals surface area contributed by atoms with Gasteiger partial charge in [0.2, 0.25) is 0 Å². The second-order valence-electron chi connectivity index (χ2n) is 4.60. The van der Waals surface area contributed by atoms with Gasteiger partial charge in [0.05, 0.1) is 19.9 Å². The molecule has 0 atom stereocenters. The summed E-state index contributed by atoms with van der Waals surface area (Å²) in [4.78, 5) is 23.3. The van der Waals surface area contributed by atoms with Crippen molar-refractivity contribution in [2.75, 3.05) is 14.2 Å². The molecule has 23 heavy (non-hydrogen) atoms. The molecule has 0 bridgehead atoms. The number of hydrogen-bond donors (Lipinski definition) is 1. The highest BCUT2D eigenvalue weighted by Gasteiger charge is 2.14. The zero-order chi connectivity index (χ0) is 17.0. The summed E-state index contributed by atoms with van der Waals surface area (Å²) in [7, 11) is 2.98. The molecule has 0 aliphatic heterocycles. The summed E-state index contributed by atoms with van der Waals surface area (Å²) in [6.45, 7) is -0.544. The highest BCUT2D eigenvalue weighted by Crippen LogP contribution is 2.31. The van der Waals surface area contributed by atoms with E-state index in [1.54, 1.807) is 24.3 Å². The molecule has 0 aliphatic carbocycles. The standard InChI is InChI=1S/C16H14N2O5/c1-22-13-6-4-10(7-14(13)23-2)12-5-3-11(8-17)16(21)18(12)9-15(19)20/h3-7H,9H2,1-2H3,(H,19,20). The van der Waals surface area contributed by atoms with Crippen molar-refractivity contribution in [1.82, 2.24) is 4.57 Å². The lowest BCUT2D eigenvalue weighted by atomic mass is 10.1. The first-order chi connectivity index (χ1) is 11.0. The van der Waals surface area contributed by atoms with E-state index in [0.29, 0.717) is 22.8 Å². The Kier molecular flexibility index (Phi) is 4.66. The number of nitrogens with zero attached hydrogens (tertiary/aromatic N) is 2. The second-order valence-corrected chi connectivity index (χ2v) is 4.60. The lowest BCUT2D eigenvalue weighted by Gasteiger charge is -2.14. The van der Waals surface area contributed by atoms with Crippen LogP contribution in [0.2, 0.25) is 0 Å². The number of aliphatic carboxylic acids is 1. The number of hydrogen-bond acceptors (Lipinski definition) is 5. The molecule has 1 heterocycles. The molecule has 0 unspecified atom stereocenters. The van der Waals surface area contributed by atoms with Crippen molar-refractivity contribution >= 4 is 5.97 Å². The number of benzene rings is 1. The number of ether oxygens (including phenoxy) is 2. The molecule has 2 aromatic rings. The van der Waals surface area contributed by atoms with Crippen molar-refractivity contribution in [3.8, 4) is 28.8 Å². The van der Waals surface area contributed by atoms with Gasteiger partial charge in [-0.15, -0.1) is 0 Å². The maximum absolute atomic E-state index is 12.2. The maximum Gasteiger partial charge on any atom is 0.323 e. The average Bonchev–Trinajstić information content (AvgIpc) is 2.55. The molecule has 0 saturated heterocycles. The smallest absolute Gasteiger partial charge is 0.323 e. The Morgan fingerprint density at radius 2 is 1.91 bits per heavy atom. The quantitative estimate of drug-likeness (QED) is 0.897.